The smallest absolute Gasteiger partial charge is 0.462 e. The summed E-state index contributed by atoms with van der Waals surface area (Å²) in [6.07, 6.45) is 53.3. The maximum absolute atomic E-state index is 12.7. The molecule has 2 atom stereocenters. The SMILES string of the molecule is CCCCCCCC/C=C/C/C=C/CCCCC(=O)OC[C@H](COP(=O)(O)OCC[N+](C)(C)C)OC(=O)CCC/C=C/CC/C=C/CCCCCCCCCCCCCCCC. The number of hydrogen-bond donors (Lipinski definition) is 1. The van der Waals surface area contributed by atoms with E-state index in [0.29, 0.717) is 23.9 Å². The van der Waals surface area contributed by atoms with E-state index in [-0.39, 0.29) is 26.1 Å². The summed E-state index contributed by atoms with van der Waals surface area (Å²) in [6, 6.07) is 0. The van der Waals surface area contributed by atoms with Gasteiger partial charge in [-0.05, 0) is 77.0 Å². The third-order valence-electron chi connectivity index (χ3n) is 10.8. The number of quaternary nitrogens is 1. The summed E-state index contributed by atoms with van der Waals surface area (Å²) in [6.45, 7) is 4.35. The molecule has 0 aliphatic rings. The fourth-order valence-electron chi connectivity index (χ4n) is 6.83. The molecule has 0 saturated carbocycles. The van der Waals surface area contributed by atoms with Crippen LogP contribution in [0.15, 0.2) is 48.6 Å². The van der Waals surface area contributed by atoms with E-state index < -0.39 is 32.5 Å². The Bertz CT molecular complexity index is 1190. The van der Waals surface area contributed by atoms with Crippen molar-refractivity contribution in [3.8, 4) is 0 Å². The number of rotatable bonds is 46. The van der Waals surface area contributed by atoms with Crippen LogP contribution in [0.3, 0.4) is 0 Å². The average Bonchev–Trinajstić information content (AvgIpc) is 3.23. The van der Waals surface area contributed by atoms with Crippen LogP contribution in [0.5, 0.6) is 0 Å². The number of nitrogens with zero attached hydrogens (tertiary/aromatic N) is 1. The van der Waals surface area contributed by atoms with Crippen LogP contribution in [0.2, 0.25) is 0 Å². The van der Waals surface area contributed by atoms with Crippen molar-refractivity contribution in [1.29, 1.82) is 0 Å². The summed E-state index contributed by atoms with van der Waals surface area (Å²) in [7, 11) is 1.44. The third-order valence-corrected chi connectivity index (χ3v) is 11.8. The van der Waals surface area contributed by atoms with Gasteiger partial charge in [-0.25, -0.2) is 4.57 Å². The molecule has 0 amide bonds. The Morgan fingerprint density at radius 2 is 0.903 bits per heavy atom. The standard InChI is InChI=1S/C52H96NO8P/c1-6-8-10-12-14-16-18-20-22-23-24-25-26-27-28-29-31-33-35-37-39-41-43-45-52(55)61-50(49-60-62(56,57)59-47-46-53(3,4)5)48-58-51(54)44-42-40-38-36-34-32-30-21-19-17-15-13-11-9-7-2/h21,29-31,34,36-37,39,50H,6-20,22-28,32-33,35,38,40-49H2,1-5H3/p+1/b30-21+,31-29+,36-34+,39-37+/t50-/m1/s1. The fraction of sp³-hybridized carbons (Fsp3) is 0.808. The summed E-state index contributed by atoms with van der Waals surface area (Å²) in [5.74, 6) is -0.883. The first-order chi connectivity index (χ1) is 30.0. The number of allylic oxidation sites excluding steroid dienone is 8. The van der Waals surface area contributed by atoms with E-state index in [0.717, 1.165) is 51.4 Å². The number of hydrogen-bond acceptors (Lipinski definition) is 7. The zero-order valence-electron chi connectivity index (χ0n) is 40.9. The van der Waals surface area contributed by atoms with Crippen LogP contribution in [0.4, 0.5) is 0 Å². The summed E-state index contributed by atoms with van der Waals surface area (Å²) in [4.78, 5) is 35.4. The van der Waals surface area contributed by atoms with E-state index in [1.165, 1.54) is 128 Å². The molecule has 0 fully saturated rings. The molecule has 62 heavy (non-hydrogen) atoms. The topological polar surface area (TPSA) is 108 Å². The first-order valence-electron chi connectivity index (χ1n) is 25.4. The third kappa shape index (κ3) is 47.4. The first kappa shape index (κ1) is 60.0. The van der Waals surface area contributed by atoms with Crippen LogP contribution in [-0.2, 0) is 32.7 Å². The Hall–Kier alpha value is -2.03. The second kappa shape index (κ2) is 44.2. The molecule has 1 N–H and O–H groups in total. The van der Waals surface area contributed by atoms with Crippen molar-refractivity contribution in [1.82, 2.24) is 0 Å². The van der Waals surface area contributed by atoms with Gasteiger partial charge in [-0.15, -0.1) is 0 Å². The van der Waals surface area contributed by atoms with Gasteiger partial charge in [0, 0.05) is 12.8 Å². The molecular weight excluding hydrogens is 798 g/mol. The largest absolute Gasteiger partial charge is 0.472 e. The maximum Gasteiger partial charge on any atom is 0.472 e. The fourth-order valence-corrected chi connectivity index (χ4v) is 7.57. The van der Waals surface area contributed by atoms with E-state index in [2.05, 4.69) is 62.5 Å². The minimum atomic E-state index is -4.40. The van der Waals surface area contributed by atoms with Gasteiger partial charge in [0.2, 0.25) is 0 Å². The number of phosphoric acid groups is 1. The lowest BCUT2D eigenvalue weighted by Crippen LogP contribution is -2.37. The summed E-state index contributed by atoms with van der Waals surface area (Å²) in [5.41, 5.74) is 0. The molecule has 0 radical (unpaired) electrons. The van der Waals surface area contributed by atoms with Crippen molar-refractivity contribution in [3.05, 3.63) is 48.6 Å². The minimum Gasteiger partial charge on any atom is -0.462 e. The Morgan fingerprint density at radius 1 is 0.500 bits per heavy atom. The highest BCUT2D eigenvalue weighted by molar-refractivity contribution is 7.47. The zero-order chi connectivity index (χ0) is 45.7. The van der Waals surface area contributed by atoms with Gasteiger partial charge in [0.25, 0.3) is 0 Å². The molecule has 0 saturated heterocycles. The van der Waals surface area contributed by atoms with Gasteiger partial charge in [-0.3, -0.25) is 18.6 Å². The van der Waals surface area contributed by atoms with Gasteiger partial charge >= 0.3 is 19.8 Å². The van der Waals surface area contributed by atoms with Gasteiger partial charge in [-0.2, -0.15) is 0 Å². The molecule has 0 bridgehead atoms. The molecule has 9 nitrogen and oxygen atoms in total. The number of unbranched alkanes of at least 4 members (excludes halogenated alkanes) is 24. The van der Waals surface area contributed by atoms with Gasteiger partial charge in [0.15, 0.2) is 6.10 Å². The van der Waals surface area contributed by atoms with Crippen molar-refractivity contribution in [2.75, 3.05) is 47.5 Å². The molecule has 0 aromatic heterocycles. The minimum absolute atomic E-state index is 0.0191. The number of carbonyl (C=O) groups excluding carboxylic acids is 2. The Balaban J connectivity index is 4.33. The molecule has 10 heteroatoms. The van der Waals surface area contributed by atoms with E-state index in [1.54, 1.807) is 0 Å². The van der Waals surface area contributed by atoms with Crippen LogP contribution >= 0.6 is 7.82 Å². The number of ether oxygens (including phenoxy) is 2. The van der Waals surface area contributed by atoms with Crippen molar-refractivity contribution >= 4 is 19.8 Å². The van der Waals surface area contributed by atoms with Crippen LogP contribution in [0.25, 0.3) is 0 Å². The van der Waals surface area contributed by atoms with Crippen molar-refractivity contribution in [2.24, 2.45) is 0 Å². The molecule has 0 heterocycles. The Morgan fingerprint density at radius 3 is 1.39 bits per heavy atom. The molecular formula is C52H97NO8P+. The molecule has 0 aliphatic heterocycles. The molecule has 0 aromatic rings. The molecule has 0 aliphatic carbocycles. The Kier molecular flexibility index (Phi) is 42.7. The van der Waals surface area contributed by atoms with Crippen LogP contribution in [0, 0.1) is 0 Å². The second-order valence-electron chi connectivity index (χ2n) is 18.2. The summed E-state index contributed by atoms with van der Waals surface area (Å²) >= 11 is 0. The molecule has 0 spiro atoms. The van der Waals surface area contributed by atoms with Crippen LogP contribution in [-0.4, -0.2) is 74.9 Å². The highest BCUT2D eigenvalue weighted by atomic mass is 31.2. The quantitative estimate of drug-likeness (QED) is 0.0212. The Labute approximate surface area is 382 Å². The van der Waals surface area contributed by atoms with Gasteiger partial charge < -0.3 is 18.9 Å². The highest BCUT2D eigenvalue weighted by Gasteiger charge is 2.27. The van der Waals surface area contributed by atoms with E-state index >= 15 is 0 Å². The predicted octanol–water partition coefficient (Wildman–Crippen LogP) is 15.0. The predicted molar refractivity (Wildman–Crippen MR) is 261 cm³/mol. The second-order valence-corrected chi connectivity index (χ2v) is 19.6. The highest BCUT2D eigenvalue weighted by Crippen LogP contribution is 2.43. The van der Waals surface area contributed by atoms with Crippen LogP contribution in [0.1, 0.15) is 219 Å². The number of likely N-dealkylation sites (N-methyl/N-ethyl adjacent to an activating group) is 1. The lowest BCUT2D eigenvalue weighted by molar-refractivity contribution is -0.870. The number of carbonyl (C=O) groups is 2. The monoisotopic (exact) mass is 895 g/mol. The summed E-state index contributed by atoms with van der Waals surface area (Å²) in [5, 5.41) is 0. The molecule has 1 unspecified atom stereocenters. The van der Waals surface area contributed by atoms with Gasteiger partial charge in [-0.1, -0.05) is 178 Å². The average molecular weight is 895 g/mol. The maximum atomic E-state index is 12.7. The first-order valence-corrected chi connectivity index (χ1v) is 26.9. The van der Waals surface area contributed by atoms with Gasteiger partial charge in [0.05, 0.1) is 27.7 Å². The lowest BCUT2D eigenvalue weighted by Gasteiger charge is -2.24. The molecule has 0 aromatic carbocycles. The van der Waals surface area contributed by atoms with Crippen LogP contribution < -0.4 is 0 Å². The summed E-state index contributed by atoms with van der Waals surface area (Å²) < 4.78 is 34.3. The van der Waals surface area contributed by atoms with Gasteiger partial charge in [0.1, 0.15) is 19.8 Å². The van der Waals surface area contributed by atoms with E-state index in [4.69, 9.17) is 18.5 Å². The van der Waals surface area contributed by atoms with E-state index in [9.17, 15) is 19.0 Å². The van der Waals surface area contributed by atoms with Crippen molar-refractivity contribution in [3.63, 3.8) is 0 Å². The number of phosphoric ester groups is 1. The zero-order valence-corrected chi connectivity index (χ0v) is 41.7. The normalized spacial score (nSPS) is 13.8. The molecule has 0 rings (SSSR count). The van der Waals surface area contributed by atoms with E-state index in [1.807, 2.05) is 21.1 Å². The molecule has 362 valence electrons. The number of esters is 2. The van der Waals surface area contributed by atoms with Crippen molar-refractivity contribution < 1.29 is 42.1 Å². The lowest BCUT2D eigenvalue weighted by atomic mass is 10.0. The van der Waals surface area contributed by atoms with Crippen molar-refractivity contribution in [2.45, 2.75) is 225 Å².